The first-order chi connectivity index (χ1) is 13.7. The van der Waals surface area contributed by atoms with Crippen molar-refractivity contribution in [3.8, 4) is 5.75 Å². The highest BCUT2D eigenvalue weighted by molar-refractivity contribution is 7.80. The molecule has 1 aromatic carbocycles. The average Bonchev–Trinajstić information content (AvgIpc) is 3.20. The Balaban J connectivity index is 1.72. The zero-order valence-corrected chi connectivity index (χ0v) is 16.2. The minimum atomic E-state index is -1.64. The molecule has 0 unspecified atom stereocenters. The molecule has 154 valence electrons. The van der Waals surface area contributed by atoms with Gasteiger partial charge in [0, 0.05) is 18.7 Å². The number of hydrogen-bond acceptors (Lipinski definition) is 4. The third-order valence-corrected chi connectivity index (χ3v) is 4.23. The van der Waals surface area contributed by atoms with Crippen molar-refractivity contribution in [1.29, 1.82) is 0 Å². The molecule has 1 aromatic heterocycles. The summed E-state index contributed by atoms with van der Waals surface area (Å²) in [5.41, 5.74) is 0.210. The van der Waals surface area contributed by atoms with Crippen molar-refractivity contribution in [1.82, 2.24) is 10.2 Å². The van der Waals surface area contributed by atoms with Crippen molar-refractivity contribution in [3.63, 3.8) is 0 Å². The van der Waals surface area contributed by atoms with Gasteiger partial charge in [0.05, 0.1) is 0 Å². The van der Waals surface area contributed by atoms with E-state index < -0.39 is 35.6 Å². The fourth-order valence-electron chi connectivity index (χ4n) is 2.62. The Morgan fingerprint density at radius 3 is 2.48 bits per heavy atom. The summed E-state index contributed by atoms with van der Waals surface area (Å²) in [5, 5.41) is 3.08. The minimum Gasteiger partial charge on any atom is -0.479 e. The Bertz CT molecular complexity index is 977. The number of rotatable bonds is 6. The summed E-state index contributed by atoms with van der Waals surface area (Å²) < 4.78 is 63.9. The molecule has 10 heteroatoms. The maximum Gasteiger partial charge on any atom is 0.276 e. The second-order valence-electron chi connectivity index (χ2n) is 6.69. The normalized spacial score (nSPS) is 15.6. The van der Waals surface area contributed by atoms with Crippen LogP contribution in [-0.4, -0.2) is 22.5 Å². The lowest BCUT2D eigenvalue weighted by molar-refractivity contribution is -0.122. The number of ether oxygens (including phenoxy) is 1. The van der Waals surface area contributed by atoms with Crippen molar-refractivity contribution in [2.75, 3.05) is 6.54 Å². The largest absolute Gasteiger partial charge is 0.479 e. The van der Waals surface area contributed by atoms with Gasteiger partial charge in [-0.25, -0.2) is 8.78 Å². The fraction of sp³-hybridized carbons (Fsp3) is 0.263. The minimum absolute atomic E-state index is 0.0906. The average molecular weight is 428 g/mol. The molecule has 3 rings (SSSR count). The molecule has 1 N–H and O–H groups in total. The molecular formula is C19H16F4N2O3S. The topological polar surface area (TPSA) is 54.7 Å². The second kappa shape index (κ2) is 8.24. The van der Waals surface area contributed by atoms with E-state index in [0.29, 0.717) is 6.54 Å². The van der Waals surface area contributed by atoms with Crippen molar-refractivity contribution >= 4 is 29.3 Å². The standard InChI is InChI=1S/C19H16F4N2O3S/c1-9(2)7-25-18(26)14(24-19(25)29)5-10-3-4-11(28-10)8-27-17-15(22)12(20)6-13(21)16(17)23/h3-6,9H,7-8H2,1-2H3,(H,24,29)/b14-5+. The van der Waals surface area contributed by atoms with Crippen molar-refractivity contribution in [3.05, 3.63) is 58.7 Å². The summed E-state index contributed by atoms with van der Waals surface area (Å²) in [5.74, 6) is -7.33. The monoisotopic (exact) mass is 428 g/mol. The number of hydrogen-bond donors (Lipinski definition) is 1. The van der Waals surface area contributed by atoms with Crippen LogP contribution >= 0.6 is 12.2 Å². The molecular weight excluding hydrogens is 412 g/mol. The Hall–Kier alpha value is -2.88. The van der Waals surface area contributed by atoms with Gasteiger partial charge in [-0.2, -0.15) is 8.78 Å². The molecule has 0 radical (unpaired) electrons. The van der Waals surface area contributed by atoms with Gasteiger partial charge in [0.1, 0.15) is 23.8 Å². The molecule has 2 heterocycles. The van der Waals surface area contributed by atoms with Gasteiger partial charge in [-0.1, -0.05) is 13.8 Å². The molecule has 1 aliphatic heterocycles. The van der Waals surface area contributed by atoms with Crippen molar-refractivity contribution < 1.29 is 31.5 Å². The van der Waals surface area contributed by atoms with E-state index in [1.54, 1.807) is 0 Å². The van der Waals surface area contributed by atoms with E-state index in [9.17, 15) is 22.4 Å². The third-order valence-electron chi connectivity index (χ3n) is 3.91. The van der Waals surface area contributed by atoms with E-state index in [4.69, 9.17) is 21.4 Å². The van der Waals surface area contributed by atoms with Crippen LogP contribution in [0.3, 0.4) is 0 Å². The van der Waals surface area contributed by atoms with Crippen LogP contribution in [0.25, 0.3) is 6.08 Å². The predicted molar refractivity (Wildman–Crippen MR) is 99.6 cm³/mol. The first-order valence-electron chi connectivity index (χ1n) is 8.56. The van der Waals surface area contributed by atoms with Crippen LogP contribution in [0.5, 0.6) is 5.75 Å². The zero-order valence-electron chi connectivity index (χ0n) is 15.4. The van der Waals surface area contributed by atoms with Crippen LogP contribution in [-0.2, 0) is 11.4 Å². The molecule has 0 atom stereocenters. The van der Waals surface area contributed by atoms with E-state index in [-0.39, 0.29) is 40.2 Å². The van der Waals surface area contributed by atoms with Gasteiger partial charge < -0.3 is 14.5 Å². The Kier molecular flexibility index (Phi) is 5.92. The molecule has 1 amide bonds. The zero-order chi connectivity index (χ0) is 21.3. The second-order valence-corrected chi connectivity index (χ2v) is 7.07. The van der Waals surface area contributed by atoms with Gasteiger partial charge in [0.2, 0.25) is 11.6 Å². The Labute approximate surface area is 168 Å². The fourth-order valence-corrected chi connectivity index (χ4v) is 2.88. The van der Waals surface area contributed by atoms with Crippen molar-refractivity contribution in [2.45, 2.75) is 20.5 Å². The lowest BCUT2D eigenvalue weighted by atomic mass is 10.2. The first kappa shape index (κ1) is 20.8. The number of carbonyl (C=O) groups is 1. The summed E-state index contributed by atoms with van der Waals surface area (Å²) >= 11 is 5.15. The SMILES string of the molecule is CC(C)CN1C(=O)/C(=C\c2ccc(COc3c(F)c(F)cc(F)c3F)o2)NC1=S. The summed E-state index contributed by atoms with van der Waals surface area (Å²) in [7, 11) is 0. The Morgan fingerprint density at radius 1 is 1.21 bits per heavy atom. The number of furan rings is 1. The first-order valence-corrected chi connectivity index (χ1v) is 8.97. The van der Waals surface area contributed by atoms with Gasteiger partial charge in [-0.3, -0.25) is 9.69 Å². The van der Waals surface area contributed by atoms with Crippen LogP contribution in [0.4, 0.5) is 17.6 Å². The molecule has 1 aliphatic rings. The maximum atomic E-state index is 13.6. The van der Waals surface area contributed by atoms with Gasteiger partial charge >= 0.3 is 0 Å². The lowest BCUT2D eigenvalue weighted by Crippen LogP contribution is -2.33. The molecule has 0 bridgehead atoms. The summed E-state index contributed by atoms with van der Waals surface area (Å²) in [6.45, 7) is 3.87. The molecule has 1 saturated heterocycles. The lowest BCUT2D eigenvalue weighted by Gasteiger charge is -2.15. The highest BCUT2D eigenvalue weighted by atomic mass is 32.1. The van der Waals surface area contributed by atoms with Crippen LogP contribution in [0.1, 0.15) is 25.4 Å². The van der Waals surface area contributed by atoms with Gasteiger partial charge in [-0.15, -0.1) is 0 Å². The molecule has 0 aliphatic carbocycles. The van der Waals surface area contributed by atoms with Crippen LogP contribution < -0.4 is 10.1 Å². The highest BCUT2D eigenvalue weighted by Gasteiger charge is 2.31. The van der Waals surface area contributed by atoms with E-state index >= 15 is 0 Å². The number of benzene rings is 1. The van der Waals surface area contributed by atoms with E-state index in [2.05, 4.69) is 5.32 Å². The summed E-state index contributed by atoms with van der Waals surface area (Å²) in [6, 6.07) is 3.02. The molecule has 1 fully saturated rings. The molecule has 0 saturated carbocycles. The Morgan fingerprint density at radius 2 is 1.86 bits per heavy atom. The predicted octanol–water partition coefficient (Wildman–Crippen LogP) is 4.13. The van der Waals surface area contributed by atoms with Gasteiger partial charge in [0.15, 0.2) is 22.5 Å². The molecule has 2 aromatic rings. The maximum absolute atomic E-state index is 13.6. The third kappa shape index (κ3) is 4.42. The van der Waals surface area contributed by atoms with E-state index in [1.807, 2.05) is 13.8 Å². The number of thiocarbonyl (C=S) groups is 1. The van der Waals surface area contributed by atoms with Gasteiger partial charge in [-0.05, 0) is 30.3 Å². The molecule has 5 nitrogen and oxygen atoms in total. The number of carbonyl (C=O) groups excluding carboxylic acids is 1. The van der Waals surface area contributed by atoms with Gasteiger partial charge in [0.25, 0.3) is 5.91 Å². The number of amides is 1. The highest BCUT2D eigenvalue weighted by Crippen LogP contribution is 2.27. The van der Waals surface area contributed by atoms with Crippen molar-refractivity contribution in [2.24, 2.45) is 5.92 Å². The van der Waals surface area contributed by atoms with E-state index in [0.717, 1.165) is 0 Å². The molecule has 0 spiro atoms. The van der Waals surface area contributed by atoms with E-state index in [1.165, 1.54) is 23.1 Å². The summed E-state index contributed by atoms with van der Waals surface area (Å²) in [4.78, 5) is 13.8. The van der Waals surface area contributed by atoms with Crippen LogP contribution in [0.15, 0.2) is 28.3 Å². The molecule has 29 heavy (non-hydrogen) atoms. The van der Waals surface area contributed by atoms with Crippen LogP contribution in [0.2, 0.25) is 0 Å². The van der Waals surface area contributed by atoms with Crippen LogP contribution in [0, 0.1) is 29.2 Å². The number of nitrogens with zero attached hydrogens (tertiary/aromatic N) is 1. The smallest absolute Gasteiger partial charge is 0.276 e. The quantitative estimate of drug-likeness (QED) is 0.325. The number of nitrogens with one attached hydrogen (secondary N) is 1. The number of halogens is 4. The summed E-state index contributed by atoms with van der Waals surface area (Å²) in [6.07, 6.45) is 1.42.